The zero-order chi connectivity index (χ0) is 17.1. The molecular formula is C14H11F2N3O4. The second-order valence-electron chi connectivity index (χ2n) is 4.43. The van der Waals surface area contributed by atoms with Crippen molar-refractivity contribution in [3.8, 4) is 5.75 Å². The number of methoxy groups -OCH3 is 1. The van der Waals surface area contributed by atoms with Crippen LogP contribution in [0.1, 0.15) is 6.92 Å². The fourth-order valence-corrected chi connectivity index (χ4v) is 1.99. The molecule has 0 atom stereocenters. The number of anilines is 2. The van der Waals surface area contributed by atoms with Crippen LogP contribution in [-0.2, 0) is 4.79 Å². The number of pyridine rings is 1. The van der Waals surface area contributed by atoms with Gasteiger partial charge in [-0.1, -0.05) is 0 Å². The fourth-order valence-electron chi connectivity index (χ4n) is 1.99. The summed E-state index contributed by atoms with van der Waals surface area (Å²) >= 11 is 0. The van der Waals surface area contributed by atoms with E-state index >= 15 is 0 Å². The summed E-state index contributed by atoms with van der Waals surface area (Å²) in [5.74, 6) is -3.37. The molecule has 0 unspecified atom stereocenters. The quantitative estimate of drug-likeness (QED) is 0.638. The van der Waals surface area contributed by atoms with Crippen molar-refractivity contribution in [3.63, 3.8) is 0 Å². The molecule has 1 amide bonds. The molecule has 0 aliphatic rings. The van der Waals surface area contributed by atoms with Gasteiger partial charge in [0.05, 0.1) is 23.8 Å². The van der Waals surface area contributed by atoms with Gasteiger partial charge in [0.15, 0.2) is 17.4 Å². The first-order valence-corrected chi connectivity index (χ1v) is 6.29. The molecule has 0 aliphatic heterocycles. The number of carbonyl (C=O) groups excluding carboxylic acids is 1. The van der Waals surface area contributed by atoms with Crippen molar-refractivity contribution < 1.29 is 23.2 Å². The van der Waals surface area contributed by atoms with E-state index in [4.69, 9.17) is 0 Å². The van der Waals surface area contributed by atoms with Crippen LogP contribution in [0, 0.1) is 21.7 Å². The number of aromatic nitrogens is 1. The fraction of sp³-hybridized carbons (Fsp3) is 0.143. The highest BCUT2D eigenvalue weighted by molar-refractivity contribution is 5.98. The first kappa shape index (κ1) is 16.3. The predicted molar refractivity (Wildman–Crippen MR) is 76.6 cm³/mol. The molecule has 0 aliphatic carbocycles. The molecule has 9 heteroatoms. The lowest BCUT2D eigenvalue weighted by Gasteiger charge is -2.20. The summed E-state index contributed by atoms with van der Waals surface area (Å²) in [6.45, 7) is 1.14. The van der Waals surface area contributed by atoms with Gasteiger partial charge in [-0.3, -0.25) is 19.8 Å². The minimum atomic E-state index is -1.01. The maximum atomic E-state index is 13.8. The zero-order valence-electron chi connectivity index (χ0n) is 12.1. The van der Waals surface area contributed by atoms with E-state index in [9.17, 15) is 23.7 Å². The second kappa shape index (κ2) is 6.34. The Morgan fingerprint density at radius 1 is 1.30 bits per heavy atom. The van der Waals surface area contributed by atoms with Crippen LogP contribution in [0.4, 0.5) is 26.0 Å². The van der Waals surface area contributed by atoms with Gasteiger partial charge in [-0.15, -0.1) is 0 Å². The van der Waals surface area contributed by atoms with Crippen LogP contribution in [0.5, 0.6) is 5.75 Å². The van der Waals surface area contributed by atoms with Crippen molar-refractivity contribution >= 4 is 23.1 Å². The molecule has 2 aromatic rings. The Morgan fingerprint density at radius 3 is 2.39 bits per heavy atom. The van der Waals surface area contributed by atoms with E-state index in [2.05, 4.69) is 9.72 Å². The average Bonchev–Trinajstić information content (AvgIpc) is 2.47. The molecule has 0 saturated heterocycles. The number of ether oxygens (including phenoxy) is 1. The maximum absolute atomic E-state index is 13.8. The maximum Gasteiger partial charge on any atom is 0.274 e. The molecule has 0 saturated carbocycles. The van der Waals surface area contributed by atoms with Crippen molar-refractivity contribution in [1.82, 2.24) is 4.98 Å². The minimum absolute atomic E-state index is 0.129. The number of rotatable bonds is 4. The van der Waals surface area contributed by atoms with Crippen LogP contribution in [0.3, 0.4) is 0 Å². The molecule has 23 heavy (non-hydrogen) atoms. The second-order valence-corrected chi connectivity index (χ2v) is 4.43. The molecule has 0 N–H and O–H groups in total. The topological polar surface area (TPSA) is 85.6 Å². The molecule has 120 valence electrons. The number of halogens is 2. The van der Waals surface area contributed by atoms with Gasteiger partial charge < -0.3 is 4.74 Å². The SMILES string of the molecule is COc1c(F)cc(N(C(C)=O)c2cc([N+](=O)[O-])ccn2)cc1F. The summed E-state index contributed by atoms with van der Waals surface area (Å²) in [7, 11) is 1.10. The van der Waals surface area contributed by atoms with Crippen LogP contribution in [0.25, 0.3) is 0 Å². The lowest BCUT2D eigenvalue weighted by atomic mass is 10.2. The number of hydrogen-bond donors (Lipinski definition) is 0. The Kier molecular flexibility index (Phi) is 4.49. The number of hydrogen-bond acceptors (Lipinski definition) is 5. The molecule has 1 aromatic heterocycles. The highest BCUT2D eigenvalue weighted by Crippen LogP contribution is 2.32. The minimum Gasteiger partial charge on any atom is -0.491 e. The lowest BCUT2D eigenvalue weighted by Crippen LogP contribution is -2.24. The predicted octanol–water partition coefficient (Wildman–Crippen LogP) is 2.96. The number of benzene rings is 1. The highest BCUT2D eigenvalue weighted by atomic mass is 19.1. The van der Waals surface area contributed by atoms with E-state index in [-0.39, 0.29) is 17.2 Å². The summed E-state index contributed by atoms with van der Waals surface area (Å²) in [6, 6.07) is 3.92. The lowest BCUT2D eigenvalue weighted by molar-refractivity contribution is -0.384. The van der Waals surface area contributed by atoms with E-state index in [0.29, 0.717) is 0 Å². The van der Waals surface area contributed by atoms with Gasteiger partial charge in [0.1, 0.15) is 5.82 Å². The van der Waals surface area contributed by atoms with Crippen molar-refractivity contribution in [3.05, 3.63) is 52.2 Å². The van der Waals surface area contributed by atoms with Gasteiger partial charge >= 0.3 is 0 Å². The van der Waals surface area contributed by atoms with E-state index in [0.717, 1.165) is 49.4 Å². The molecule has 0 radical (unpaired) electrons. The Bertz CT molecular complexity index is 759. The van der Waals surface area contributed by atoms with Gasteiger partial charge in [0.25, 0.3) is 5.69 Å². The molecule has 1 heterocycles. The molecule has 1 aromatic carbocycles. The first-order chi connectivity index (χ1) is 10.8. The van der Waals surface area contributed by atoms with E-state index in [1.165, 1.54) is 0 Å². The van der Waals surface area contributed by atoms with Crippen molar-refractivity contribution in [2.75, 3.05) is 12.0 Å². The average molecular weight is 323 g/mol. The summed E-state index contributed by atoms with van der Waals surface area (Å²) in [4.78, 5) is 26.7. The largest absolute Gasteiger partial charge is 0.491 e. The summed E-state index contributed by atoms with van der Waals surface area (Å²) in [5.41, 5.74) is -0.475. The number of nitro groups is 1. The van der Waals surface area contributed by atoms with Gasteiger partial charge in [0.2, 0.25) is 5.91 Å². The van der Waals surface area contributed by atoms with Crippen LogP contribution in [0.15, 0.2) is 30.5 Å². The Labute approximate surface area is 129 Å². The standard InChI is InChI=1S/C14H11F2N3O4/c1-8(20)18(13-7-9(19(21)22)3-4-17-13)10-5-11(15)14(23-2)12(16)6-10/h3-7H,1-2H3. The smallest absolute Gasteiger partial charge is 0.274 e. The van der Waals surface area contributed by atoms with Gasteiger partial charge in [-0.05, 0) is 0 Å². The van der Waals surface area contributed by atoms with Gasteiger partial charge in [-0.2, -0.15) is 0 Å². The molecule has 0 bridgehead atoms. The third-order valence-corrected chi connectivity index (χ3v) is 2.93. The molecule has 0 fully saturated rings. The Hall–Kier alpha value is -3.10. The summed E-state index contributed by atoms with van der Waals surface area (Å²) in [6.07, 6.45) is 1.12. The van der Waals surface area contributed by atoms with Crippen molar-refractivity contribution in [1.29, 1.82) is 0 Å². The van der Waals surface area contributed by atoms with Crippen LogP contribution in [0.2, 0.25) is 0 Å². The van der Waals surface area contributed by atoms with Crippen molar-refractivity contribution in [2.45, 2.75) is 6.92 Å². The molecule has 7 nitrogen and oxygen atoms in total. The van der Waals surface area contributed by atoms with Crippen LogP contribution in [-0.4, -0.2) is 22.9 Å². The van der Waals surface area contributed by atoms with E-state index in [1.54, 1.807) is 0 Å². The third-order valence-electron chi connectivity index (χ3n) is 2.93. The normalized spacial score (nSPS) is 10.3. The molecule has 0 spiro atoms. The highest BCUT2D eigenvalue weighted by Gasteiger charge is 2.22. The third kappa shape index (κ3) is 3.23. The summed E-state index contributed by atoms with van der Waals surface area (Å²) < 4.78 is 32.2. The van der Waals surface area contributed by atoms with Gasteiger partial charge in [0, 0.05) is 31.3 Å². The number of nitrogens with zero attached hydrogens (tertiary/aromatic N) is 3. The first-order valence-electron chi connectivity index (χ1n) is 6.29. The van der Waals surface area contributed by atoms with E-state index < -0.39 is 28.2 Å². The van der Waals surface area contributed by atoms with Crippen molar-refractivity contribution in [2.24, 2.45) is 0 Å². The Balaban J connectivity index is 2.58. The summed E-state index contributed by atoms with van der Waals surface area (Å²) in [5, 5.41) is 10.8. The van der Waals surface area contributed by atoms with E-state index in [1.807, 2.05) is 0 Å². The Morgan fingerprint density at radius 2 is 1.91 bits per heavy atom. The molecule has 2 rings (SSSR count). The van der Waals surface area contributed by atoms with Crippen LogP contribution >= 0.6 is 0 Å². The van der Waals surface area contributed by atoms with Crippen LogP contribution < -0.4 is 9.64 Å². The zero-order valence-corrected chi connectivity index (χ0v) is 12.1. The van der Waals surface area contributed by atoms with Gasteiger partial charge in [-0.25, -0.2) is 13.8 Å². The molecular weight excluding hydrogens is 312 g/mol. The number of amides is 1. The monoisotopic (exact) mass is 323 g/mol. The number of carbonyl (C=O) groups is 1.